The van der Waals surface area contributed by atoms with Gasteiger partial charge in [-0.1, -0.05) is 0 Å². The predicted octanol–water partition coefficient (Wildman–Crippen LogP) is 0.311. The van der Waals surface area contributed by atoms with Crippen LogP contribution < -0.4 is 5.73 Å². The Hall–Kier alpha value is -1.56. The van der Waals surface area contributed by atoms with Gasteiger partial charge in [-0.15, -0.1) is 0 Å². The minimum Gasteiger partial charge on any atom is -0.396 e. The van der Waals surface area contributed by atoms with Gasteiger partial charge in [-0.25, -0.2) is 0 Å². The number of aromatic nitrogens is 2. The summed E-state index contributed by atoms with van der Waals surface area (Å²) in [5.74, 6) is -0.109. The van der Waals surface area contributed by atoms with E-state index in [9.17, 15) is 9.90 Å². The standard InChI is InChI=1S/C12H22N4O2/c1-8-11(13)9(2)16(14-8)6-10(17)15(5)7-12(3,4)18/h18H,6-7,13H2,1-5H3. The van der Waals surface area contributed by atoms with Crippen LogP contribution in [0.15, 0.2) is 0 Å². The van der Waals surface area contributed by atoms with E-state index in [-0.39, 0.29) is 19.0 Å². The normalized spacial score (nSPS) is 11.7. The monoisotopic (exact) mass is 254 g/mol. The van der Waals surface area contributed by atoms with Gasteiger partial charge in [0.15, 0.2) is 0 Å². The molecule has 6 heteroatoms. The molecule has 18 heavy (non-hydrogen) atoms. The maximum atomic E-state index is 12.0. The molecule has 102 valence electrons. The SMILES string of the molecule is Cc1nn(CC(=O)N(C)CC(C)(C)O)c(C)c1N. The zero-order chi connectivity index (χ0) is 14.1. The molecule has 0 saturated carbocycles. The average molecular weight is 254 g/mol. The van der Waals surface area contributed by atoms with Gasteiger partial charge in [-0.05, 0) is 27.7 Å². The van der Waals surface area contributed by atoms with Gasteiger partial charge in [0.2, 0.25) is 5.91 Å². The molecule has 1 amide bonds. The van der Waals surface area contributed by atoms with Crippen molar-refractivity contribution >= 4 is 11.6 Å². The van der Waals surface area contributed by atoms with Crippen LogP contribution in [0.25, 0.3) is 0 Å². The molecule has 1 rings (SSSR count). The van der Waals surface area contributed by atoms with Crippen molar-refractivity contribution in [3.05, 3.63) is 11.4 Å². The van der Waals surface area contributed by atoms with Crippen molar-refractivity contribution in [2.45, 2.75) is 39.8 Å². The van der Waals surface area contributed by atoms with E-state index in [0.717, 1.165) is 11.4 Å². The molecule has 0 saturated heterocycles. The fourth-order valence-corrected chi connectivity index (χ4v) is 1.78. The molecule has 1 heterocycles. The van der Waals surface area contributed by atoms with E-state index in [2.05, 4.69) is 5.10 Å². The number of amides is 1. The molecule has 3 N–H and O–H groups in total. The lowest BCUT2D eigenvalue weighted by molar-refractivity contribution is -0.133. The molecule has 1 aromatic heterocycles. The van der Waals surface area contributed by atoms with Crippen LogP contribution in [-0.4, -0.2) is 44.9 Å². The van der Waals surface area contributed by atoms with Crippen LogP contribution in [0.2, 0.25) is 0 Å². The molecule has 1 aromatic rings. The first-order valence-corrected chi connectivity index (χ1v) is 5.87. The Morgan fingerprint density at radius 3 is 2.44 bits per heavy atom. The first kappa shape index (κ1) is 14.5. The fourth-order valence-electron chi connectivity index (χ4n) is 1.78. The largest absolute Gasteiger partial charge is 0.396 e. The smallest absolute Gasteiger partial charge is 0.244 e. The van der Waals surface area contributed by atoms with Gasteiger partial charge in [0.05, 0.1) is 22.7 Å². The Labute approximate surface area is 107 Å². The van der Waals surface area contributed by atoms with E-state index in [1.54, 1.807) is 25.6 Å². The number of hydrogen-bond acceptors (Lipinski definition) is 4. The molecule has 0 fully saturated rings. The fraction of sp³-hybridized carbons (Fsp3) is 0.667. The summed E-state index contributed by atoms with van der Waals surface area (Å²) in [4.78, 5) is 13.5. The Morgan fingerprint density at radius 1 is 1.50 bits per heavy atom. The quantitative estimate of drug-likeness (QED) is 0.810. The molecule has 0 bridgehead atoms. The van der Waals surface area contributed by atoms with E-state index in [1.807, 2.05) is 13.8 Å². The van der Waals surface area contributed by atoms with E-state index < -0.39 is 5.60 Å². The lowest BCUT2D eigenvalue weighted by Crippen LogP contribution is -2.41. The molecule has 0 aliphatic carbocycles. The number of aliphatic hydroxyl groups is 1. The second-order valence-corrected chi connectivity index (χ2v) is 5.30. The molecule has 6 nitrogen and oxygen atoms in total. The molecule has 0 aromatic carbocycles. The number of rotatable bonds is 4. The average Bonchev–Trinajstić information content (AvgIpc) is 2.44. The summed E-state index contributed by atoms with van der Waals surface area (Å²) >= 11 is 0. The molecule has 0 aliphatic heterocycles. The van der Waals surface area contributed by atoms with Crippen molar-refractivity contribution in [1.29, 1.82) is 0 Å². The van der Waals surface area contributed by atoms with Crippen molar-refractivity contribution in [2.24, 2.45) is 0 Å². The van der Waals surface area contributed by atoms with Crippen LogP contribution >= 0.6 is 0 Å². The topological polar surface area (TPSA) is 84.4 Å². The van der Waals surface area contributed by atoms with Gasteiger partial charge in [0, 0.05) is 13.6 Å². The van der Waals surface area contributed by atoms with Gasteiger partial charge >= 0.3 is 0 Å². The molecular weight excluding hydrogens is 232 g/mol. The molecule has 0 atom stereocenters. The number of anilines is 1. The maximum Gasteiger partial charge on any atom is 0.244 e. The number of aryl methyl sites for hydroxylation is 1. The third-order valence-electron chi connectivity index (χ3n) is 2.77. The summed E-state index contributed by atoms with van der Waals surface area (Å²) in [6.07, 6.45) is 0. The number of carbonyl (C=O) groups is 1. The summed E-state index contributed by atoms with van der Waals surface area (Å²) in [6, 6.07) is 0. The second kappa shape index (κ2) is 4.97. The number of nitrogens with zero attached hydrogens (tertiary/aromatic N) is 3. The zero-order valence-corrected chi connectivity index (χ0v) is 11.7. The summed E-state index contributed by atoms with van der Waals surface area (Å²) in [5, 5.41) is 13.9. The van der Waals surface area contributed by atoms with Gasteiger partial charge in [0.1, 0.15) is 6.54 Å². The van der Waals surface area contributed by atoms with Crippen LogP contribution in [-0.2, 0) is 11.3 Å². The van der Waals surface area contributed by atoms with Crippen molar-refractivity contribution in [2.75, 3.05) is 19.3 Å². The van der Waals surface area contributed by atoms with Crippen LogP contribution in [0.3, 0.4) is 0 Å². The highest BCUT2D eigenvalue weighted by Gasteiger charge is 2.20. The maximum absolute atomic E-state index is 12.0. The Bertz CT molecular complexity index is 446. The van der Waals surface area contributed by atoms with Crippen LogP contribution in [0.1, 0.15) is 25.2 Å². The molecule has 0 radical (unpaired) electrons. The number of likely N-dealkylation sites (N-methyl/N-ethyl adjacent to an activating group) is 1. The summed E-state index contributed by atoms with van der Waals surface area (Å²) in [6.45, 7) is 7.38. The molecule has 0 aliphatic rings. The highest BCUT2D eigenvalue weighted by Crippen LogP contribution is 2.14. The Kier molecular flexibility index (Phi) is 4.01. The van der Waals surface area contributed by atoms with Gasteiger partial charge in [-0.2, -0.15) is 5.10 Å². The number of nitrogens with two attached hydrogens (primary N) is 1. The summed E-state index contributed by atoms with van der Waals surface area (Å²) < 4.78 is 1.59. The lowest BCUT2D eigenvalue weighted by atomic mass is 10.1. The highest BCUT2D eigenvalue weighted by atomic mass is 16.3. The van der Waals surface area contributed by atoms with Gasteiger partial charge < -0.3 is 15.7 Å². The highest BCUT2D eigenvalue weighted by molar-refractivity contribution is 5.76. The number of hydrogen-bond donors (Lipinski definition) is 2. The summed E-state index contributed by atoms with van der Waals surface area (Å²) in [7, 11) is 1.66. The zero-order valence-electron chi connectivity index (χ0n) is 11.7. The minimum atomic E-state index is -0.904. The van der Waals surface area contributed by atoms with Crippen molar-refractivity contribution < 1.29 is 9.90 Å². The van der Waals surface area contributed by atoms with Crippen LogP contribution in [0, 0.1) is 13.8 Å². The third kappa shape index (κ3) is 3.46. The van der Waals surface area contributed by atoms with Crippen molar-refractivity contribution in [3.63, 3.8) is 0 Å². The first-order valence-electron chi connectivity index (χ1n) is 5.87. The van der Waals surface area contributed by atoms with E-state index in [1.165, 1.54) is 4.90 Å². The molecule has 0 spiro atoms. The summed E-state index contributed by atoms with van der Waals surface area (Å²) in [5.41, 5.74) is 7.04. The van der Waals surface area contributed by atoms with E-state index in [0.29, 0.717) is 5.69 Å². The van der Waals surface area contributed by atoms with Crippen molar-refractivity contribution in [1.82, 2.24) is 14.7 Å². The third-order valence-corrected chi connectivity index (χ3v) is 2.77. The minimum absolute atomic E-state index is 0.109. The Morgan fingerprint density at radius 2 is 2.06 bits per heavy atom. The Balaban J connectivity index is 2.73. The van der Waals surface area contributed by atoms with E-state index in [4.69, 9.17) is 5.73 Å². The number of carbonyl (C=O) groups excluding carboxylic acids is 1. The van der Waals surface area contributed by atoms with E-state index >= 15 is 0 Å². The molecule has 0 unspecified atom stereocenters. The first-order chi connectivity index (χ1) is 8.11. The van der Waals surface area contributed by atoms with Crippen LogP contribution in [0.5, 0.6) is 0 Å². The van der Waals surface area contributed by atoms with Crippen LogP contribution in [0.4, 0.5) is 5.69 Å². The second-order valence-electron chi connectivity index (χ2n) is 5.30. The van der Waals surface area contributed by atoms with Gasteiger partial charge in [0.25, 0.3) is 0 Å². The predicted molar refractivity (Wildman–Crippen MR) is 70.0 cm³/mol. The van der Waals surface area contributed by atoms with Crippen molar-refractivity contribution in [3.8, 4) is 0 Å². The molecular formula is C12H22N4O2. The lowest BCUT2D eigenvalue weighted by Gasteiger charge is -2.25. The van der Waals surface area contributed by atoms with Gasteiger partial charge in [-0.3, -0.25) is 9.48 Å². The number of nitrogen functional groups attached to an aromatic ring is 1.